The molecule has 1 aliphatic rings. The van der Waals surface area contributed by atoms with Gasteiger partial charge in [0, 0.05) is 13.5 Å². The van der Waals surface area contributed by atoms with Gasteiger partial charge in [0.15, 0.2) is 0 Å². The van der Waals surface area contributed by atoms with Crippen LogP contribution in [0.3, 0.4) is 0 Å². The van der Waals surface area contributed by atoms with Gasteiger partial charge in [0.2, 0.25) is 0 Å². The van der Waals surface area contributed by atoms with E-state index in [4.69, 9.17) is 0 Å². The third kappa shape index (κ3) is 1.72. The number of likely N-dealkylation sites (N-methyl/N-ethyl adjacent to an activating group) is 1. The molecule has 1 amide bonds. The van der Waals surface area contributed by atoms with Crippen LogP contribution in [0.5, 0.6) is 0 Å². The Morgan fingerprint density at radius 1 is 1.40 bits per heavy atom. The monoisotopic (exact) mass is 209 g/mol. The first-order valence-electron chi connectivity index (χ1n) is 4.80. The van der Waals surface area contributed by atoms with Crippen molar-refractivity contribution in [1.29, 1.82) is 0 Å². The Balaban J connectivity index is 2.25. The lowest BCUT2D eigenvalue weighted by molar-refractivity contribution is -0.134. The lowest BCUT2D eigenvalue weighted by atomic mass is 10.0. The highest BCUT2D eigenvalue weighted by Gasteiger charge is 2.36. The molecule has 1 aromatic rings. The average Bonchev–Trinajstić information content (AvgIpc) is 2.47. The Bertz CT molecular complexity index is 377. The highest BCUT2D eigenvalue weighted by atomic mass is 19.1. The number of rotatable bonds is 1. The van der Waals surface area contributed by atoms with Crippen LogP contribution in [0.1, 0.15) is 18.0 Å². The molecule has 4 heteroatoms. The van der Waals surface area contributed by atoms with Gasteiger partial charge in [0.1, 0.15) is 11.9 Å². The van der Waals surface area contributed by atoms with Gasteiger partial charge < -0.3 is 10.0 Å². The van der Waals surface area contributed by atoms with Gasteiger partial charge >= 0.3 is 0 Å². The smallest absolute Gasteiger partial charge is 0.251 e. The molecule has 0 spiro atoms. The predicted octanol–water partition coefficient (Wildman–Crippen LogP) is 1.09. The van der Waals surface area contributed by atoms with Crippen molar-refractivity contribution in [3.8, 4) is 0 Å². The van der Waals surface area contributed by atoms with E-state index in [-0.39, 0.29) is 17.8 Å². The highest BCUT2D eigenvalue weighted by Crippen LogP contribution is 2.31. The molecule has 1 aliphatic heterocycles. The molecule has 1 heterocycles. The van der Waals surface area contributed by atoms with Crippen molar-refractivity contribution >= 4 is 5.91 Å². The molecule has 2 rings (SSSR count). The first-order valence-corrected chi connectivity index (χ1v) is 4.80. The molecule has 15 heavy (non-hydrogen) atoms. The molecule has 1 N–H and O–H groups in total. The summed E-state index contributed by atoms with van der Waals surface area (Å²) in [7, 11) is 1.65. The second kappa shape index (κ2) is 3.62. The second-order valence-corrected chi connectivity index (χ2v) is 3.77. The molecule has 3 nitrogen and oxygen atoms in total. The van der Waals surface area contributed by atoms with E-state index in [1.54, 1.807) is 19.2 Å². The fraction of sp³-hybridized carbons (Fsp3) is 0.364. The Morgan fingerprint density at radius 2 is 2.00 bits per heavy atom. The number of nitrogens with zero attached hydrogens (tertiary/aromatic N) is 1. The van der Waals surface area contributed by atoms with Crippen LogP contribution in [0.15, 0.2) is 24.3 Å². The zero-order valence-electron chi connectivity index (χ0n) is 8.35. The number of hydrogen-bond acceptors (Lipinski definition) is 2. The van der Waals surface area contributed by atoms with Crippen molar-refractivity contribution in [2.24, 2.45) is 0 Å². The molecule has 0 aromatic heterocycles. The normalized spacial score (nSPS) is 26.1. The van der Waals surface area contributed by atoms with Crippen molar-refractivity contribution < 1.29 is 14.3 Å². The van der Waals surface area contributed by atoms with Crippen LogP contribution in [-0.2, 0) is 4.79 Å². The summed E-state index contributed by atoms with van der Waals surface area (Å²) < 4.78 is 12.7. The number of benzene rings is 1. The summed E-state index contributed by atoms with van der Waals surface area (Å²) in [5.74, 6) is -0.574. The third-order valence-corrected chi connectivity index (χ3v) is 2.80. The van der Waals surface area contributed by atoms with Crippen LogP contribution in [0.25, 0.3) is 0 Å². The van der Waals surface area contributed by atoms with Crippen molar-refractivity contribution in [2.75, 3.05) is 7.05 Å². The predicted molar refractivity (Wildman–Crippen MR) is 52.5 cm³/mol. The molecule has 0 saturated carbocycles. The Morgan fingerprint density at radius 3 is 2.47 bits per heavy atom. The van der Waals surface area contributed by atoms with E-state index in [9.17, 15) is 14.3 Å². The topological polar surface area (TPSA) is 40.5 Å². The van der Waals surface area contributed by atoms with E-state index in [1.165, 1.54) is 17.0 Å². The lowest BCUT2D eigenvalue weighted by Gasteiger charge is -2.19. The number of carbonyl (C=O) groups excluding carboxylic acids is 1. The summed E-state index contributed by atoms with van der Waals surface area (Å²) in [6.07, 6.45) is -0.550. The first-order chi connectivity index (χ1) is 7.09. The average molecular weight is 209 g/mol. The van der Waals surface area contributed by atoms with Crippen LogP contribution in [0.4, 0.5) is 4.39 Å². The van der Waals surface area contributed by atoms with Gasteiger partial charge in [-0.05, 0) is 17.7 Å². The molecule has 0 aliphatic carbocycles. The molecule has 80 valence electrons. The Kier molecular flexibility index (Phi) is 2.44. The maximum Gasteiger partial charge on any atom is 0.251 e. The van der Waals surface area contributed by atoms with Crippen LogP contribution in [0.2, 0.25) is 0 Å². The van der Waals surface area contributed by atoms with Crippen molar-refractivity contribution in [3.05, 3.63) is 35.6 Å². The number of likely N-dealkylation sites (tertiary alicyclic amines) is 1. The number of hydrogen-bond donors (Lipinski definition) is 1. The van der Waals surface area contributed by atoms with E-state index >= 15 is 0 Å². The maximum atomic E-state index is 12.7. The standard InChI is InChI=1S/C11H12FNO2/c1-13-9(6-10(14)11(13)15)7-2-4-8(12)5-3-7/h2-5,9-10,14H,6H2,1H3/t9-,10-/m0/s1. The van der Waals surface area contributed by atoms with Gasteiger partial charge in [-0.3, -0.25) is 4.79 Å². The lowest BCUT2D eigenvalue weighted by Crippen LogP contribution is -2.26. The molecule has 0 bridgehead atoms. The summed E-state index contributed by atoms with van der Waals surface area (Å²) in [4.78, 5) is 12.9. The van der Waals surface area contributed by atoms with Gasteiger partial charge in [0.25, 0.3) is 5.91 Å². The molecule has 2 atom stereocenters. The van der Waals surface area contributed by atoms with E-state index in [2.05, 4.69) is 0 Å². The van der Waals surface area contributed by atoms with Gasteiger partial charge in [-0.25, -0.2) is 4.39 Å². The van der Waals surface area contributed by atoms with Crippen molar-refractivity contribution in [2.45, 2.75) is 18.6 Å². The zero-order valence-corrected chi connectivity index (χ0v) is 8.35. The van der Waals surface area contributed by atoms with Gasteiger partial charge in [-0.15, -0.1) is 0 Å². The van der Waals surface area contributed by atoms with Crippen LogP contribution >= 0.6 is 0 Å². The fourth-order valence-electron chi connectivity index (χ4n) is 1.90. The summed E-state index contributed by atoms with van der Waals surface area (Å²) in [5.41, 5.74) is 0.851. The largest absolute Gasteiger partial charge is 0.383 e. The van der Waals surface area contributed by atoms with Crippen molar-refractivity contribution in [3.63, 3.8) is 0 Å². The number of halogens is 1. The molecule has 0 radical (unpaired) electrons. The quantitative estimate of drug-likeness (QED) is 0.752. The Hall–Kier alpha value is -1.42. The summed E-state index contributed by atoms with van der Waals surface area (Å²) >= 11 is 0. The number of aliphatic hydroxyl groups excluding tert-OH is 1. The first kappa shape index (κ1) is 10.1. The zero-order chi connectivity index (χ0) is 11.0. The van der Waals surface area contributed by atoms with Crippen molar-refractivity contribution in [1.82, 2.24) is 4.90 Å². The molecule has 1 aromatic carbocycles. The summed E-state index contributed by atoms with van der Waals surface area (Å²) in [6, 6.07) is 5.86. The summed E-state index contributed by atoms with van der Waals surface area (Å²) in [6.45, 7) is 0. The van der Waals surface area contributed by atoms with E-state index in [1.807, 2.05) is 0 Å². The van der Waals surface area contributed by atoms with E-state index in [0.717, 1.165) is 5.56 Å². The minimum Gasteiger partial charge on any atom is -0.383 e. The number of amides is 1. The van der Waals surface area contributed by atoms with E-state index in [0.29, 0.717) is 6.42 Å². The van der Waals surface area contributed by atoms with Gasteiger partial charge in [-0.1, -0.05) is 12.1 Å². The van der Waals surface area contributed by atoms with Gasteiger partial charge in [-0.2, -0.15) is 0 Å². The molecule has 0 unspecified atom stereocenters. The molecule has 1 saturated heterocycles. The van der Waals surface area contributed by atoms with Crippen LogP contribution in [-0.4, -0.2) is 29.1 Å². The molecular formula is C11H12FNO2. The van der Waals surface area contributed by atoms with E-state index < -0.39 is 6.10 Å². The minimum atomic E-state index is -0.926. The maximum absolute atomic E-state index is 12.7. The molecule has 1 fully saturated rings. The Labute approximate surface area is 87.1 Å². The van der Waals surface area contributed by atoms with Gasteiger partial charge in [0.05, 0.1) is 6.04 Å². The SMILES string of the molecule is CN1C(=O)[C@@H](O)C[C@H]1c1ccc(F)cc1. The number of aliphatic hydroxyl groups is 1. The highest BCUT2D eigenvalue weighted by molar-refractivity contribution is 5.83. The third-order valence-electron chi connectivity index (χ3n) is 2.80. The number of carbonyl (C=O) groups is 1. The molecular weight excluding hydrogens is 197 g/mol. The summed E-state index contributed by atoms with van der Waals surface area (Å²) in [5, 5.41) is 9.39. The second-order valence-electron chi connectivity index (χ2n) is 3.77. The minimum absolute atomic E-state index is 0.145. The fourth-order valence-corrected chi connectivity index (χ4v) is 1.90. The van der Waals surface area contributed by atoms with Crippen LogP contribution in [0, 0.1) is 5.82 Å². The van der Waals surface area contributed by atoms with Crippen LogP contribution < -0.4 is 0 Å².